The standard InChI is InChI=1S/C19H23N7O6/c27-11-13-17(30)16(18(32-13)25-8-4-15(29)21-19(25)31)26-10-12(22-23-26)9-20-14(28)3-7-24-5-1-2-6-24/h1-2,4-6,8,10,13,16-18,27,30H,3,7,9,11H2,(H,20,28)(H,21,29,31)/t13-,16?,17?,18-/m1/s1. The maximum atomic E-state index is 12.2. The monoisotopic (exact) mass is 445 g/mol. The van der Waals surface area contributed by atoms with Crippen LogP contribution < -0.4 is 16.6 Å². The first-order valence-electron chi connectivity index (χ1n) is 10.0. The molecule has 4 atom stereocenters. The Balaban J connectivity index is 1.46. The number of nitrogens with one attached hydrogen (secondary N) is 2. The lowest BCUT2D eigenvalue weighted by Crippen LogP contribution is -2.36. The van der Waals surface area contributed by atoms with Crippen molar-refractivity contribution in [3.05, 3.63) is 69.5 Å². The summed E-state index contributed by atoms with van der Waals surface area (Å²) in [6, 6.07) is 4.01. The van der Waals surface area contributed by atoms with Crippen LogP contribution >= 0.6 is 0 Å². The van der Waals surface area contributed by atoms with E-state index in [9.17, 15) is 24.6 Å². The van der Waals surface area contributed by atoms with Gasteiger partial charge in [0.1, 0.15) is 23.9 Å². The molecule has 1 amide bonds. The highest BCUT2D eigenvalue weighted by atomic mass is 16.5. The Bertz CT molecular complexity index is 1170. The van der Waals surface area contributed by atoms with E-state index in [4.69, 9.17) is 4.74 Å². The number of ether oxygens (including phenoxy) is 1. The van der Waals surface area contributed by atoms with Crippen LogP contribution in [0.3, 0.4) is 0 Å². The van der Waals surface area contributed by atoms with Crippen LogP contribution in [0.1, 0.15) is 24.4 Å². The van der Waals surface area contributed by atoms with Gasteiger partial charge in [-0.25, -0.2) is 9.48 Å². The van der Waals surface area contributed by atoms with Crippen LogP contribution in [0.5, 0.6) is 0 Å². The number of aromatic amines is 1. The summed E-state index contributed by atoms with van der Waals surface area (Å²) in [5.74, 6) is -0.157. The van der Waals surface area contributed by atoms with Gasteiger partial charge in [0, 0.05) is 37.6 Å². The molecule has 0 spiro atoms. The van der Waals surface area contributed by atoms with Crippen LogP contribution in [-0.4, -0.2) is 64.0 Å². The van der Waals surface area contributed by atoms with E-state index in [1.54, 1.807) is 0 Å². The third-order valence-electron chi connectivity index (χ3n) is 5.24. The number of hydrogen-bond acceptors (Lipinski definition) is 8. The second-order valence-corrected chi connectivity index (χ2v) is 7.38. The molecule has 4 N–H and O–H groups in total. The van der Waals surface area contributed by atoms with Gasteiger partial charge in [0.05, 0.1) is 19.3 Å². The number of carbonyl (C=O) groups excluding carboxylic acids is 1. The minimum absolute atomic E-state index is 0.126. The van der Waals surface area contributed by atoms with Gasteiger partial charge in [-0.05, 0) is 12.1 Å². The molecule has 0 aromatic carbocycles. The largest absolute Gasteiger partial charge is 0.394 e. The van der Waals surface area contributed by atoms with Crippen LogP contribution in [0.2, 0.25) is 0 Å². The fraction of sp³-hybridized carbons (Fsp3) is 0.421. The van der Waals surface area contributed by atoms with Crippen molar-refractivity contribution < 1.29 is 19.7 Å². The lowest BCUT2D eigenvalue weighted by molar-refractivity contribution is -0.121. The minimum atomic E-state index is -1.20. The van der Waals surface area contributed by atoms with Crippen LogP contribution in [-0.2, 0) is 22.6 Å². The molecule has 1 fully saturated rings. The van der Waals surface area contributed by atoms with Gasteiger partial charge < -0.3 is 24.8 Å². The number of amides is 1. The van der Waals surface area contributed by atoms with E-state index >= 15 is 0 Å². The third kappa shape index (κ3) is 4.54. The first-order chi connectivity index (χ1) is 15.5. The van der Waals surface area contributed by atoms with E-state index in [0.717, 1.165) is 10.6 Å². The highest BCUT2D eigenvalue weighted by Crippen LogP contribution is 2.37. The topological polar surface area (TPSA) is 169 Å². The van der Waals surface area contributed by atoms with Crippen molar-refractivity contribution in [2.75, 3.05) is 6.61 Å². The molecule has 1 saturated heterocycles. The first-order valence-corrected chi connectivity index (χ1v) is 10.0. The minimum Gasteiger partial charge on any atom is -0.394 e. The Kier molecular flexibility index (Phi) is 6.30. The summed E-state index contributed by atoms with van der Waals surface area (Å²) >= 11 is 0. The molecule has 3 aromatic heterocycles. The number of rotatable bonds is 8. The normalized spacial score (nSPS) is 22.8. The van der Waals surface area contributed by atoms with E-state index in [-0.39, 0.29) is 12.5 Å². The molecule has 0 saturated carbocycles. The quantitative estimate of drug-likeness (QED) is 0.312. The van der Waals surface area contributed by atoms with Crippen molar-refractivity contribution in [2.24, 2.45) is 0 Å². The molecule has 0 radical (unpaired) electrons. The molecule has 32 heavy (non-hydrogen) atoms. The van der Waals surface area contributed by atoms with Crippen molar-refractivity contribution in [3.63, 3.8) is 0 Å². The number of hydrogen-bond donors (Lipinski definition) is 4. The zero-order valence-corrected chi connectivity index (χ0v) is 16.9. The molecule has 13 nitrogen and oxygen atoms in total. The zero-order chi connectivity index (χ0) is 22.7. The maximum absolute atomic E-state index is 12.2. The van der Waals surface area contributed by atoms with Gasteiger partial charge in [-0.1, -0.05) is 5.21 Å². The summed E-state index contributed by atoms with van der Waals surface area (Å²) in [7, 11) is 0. The van der Waals surface area contributed by atoms with Crippen molar-refractivity contribution in [1.82, 2.24) is 34.4 Å². The molecule has 13 heteroatoms. The van der Waals surface area contributed by atoms with Gasteiger partial charge in [-0.3, -0.25) is 19.1 Å². The van der Waals surface area contributed by atoms with Gasteiger partial charge in [-0.15, -0.1) is 5.10 Å². The van der Waals surface area contributed by atoms with E-state index in [1.807, 2.05) is 29.1 Å². The number of carbonyl (C=O) groups is 1. The van der Waals surface area contributed by atoms with Crippen LogP contribution in [0, 0.1) is 0 Å². The summed E-state index contributed by atoms with van der Waals surface area (Å²) in [5, 5.41) is 30.9. The van der Waals surface area contributed by atoms with Crippen molar-refractivity contribution in [3.8, 4) is 0 Å². The molecule has 0 bridgehead atoms. The Labute approximate surface area is 180 Å². The number of aromatic nitrogens is 6. The SMILES string of the molecule is O=C(CCn1cccc1)NCc1cn(C2C(O)[C@@H](CO)O[C@H]2n2ccc(=O)[nH]c2=O)nn1. The molecule has 1 aliphatic rings. The lowest BCUT2D eigenvalue weighted by atomic mass is 10.1. The summed E-state index contributed by atoms with van der Waals surface area (Å²) in [4.78, 5) is 37.8. The van der Waals surface area contributed by atoms with Gasteiger partial charge in [-0.2, -0.15) is 0 Å². The molecule has 1 aliphatic heterocycles. The number of aryl methyl sites for hydroxylation is 1. The average molecular weight is 445 g/mol. The summed E-state index contributed by atoms with van der Waals surface area (Å²) in [6.07, 6.45) is 3.60. The maximum Gasteiger partial charge on any atom is 0.330 e. The fourth-order valence-corrected chi connectivity index (χ4v) is 3.59. The van der Waals surface area contributed by atoms with Crippen LogP contribution in [0.15, 0.2) is 52.6 Å². The van der Waals surface area contributed by atoms with Crippen LogP contribution in [0.25, 0.3) is 0 Å². The molecule has 2 unspecified atom stereocenters. The van der Waals surface area contributed by atoms with Gasteiger partial charge >= 0.3 is 5.69 Å². The molecule has 0 aliphatic carbocycles. The number of aliphatic hydroxyl groups excluding tert-OH is 2. The van der Waals surface area contributed by atoms with E-state index in [2.05, 4.69) is 20.6 Å². The summed E-state index contributed by atoms with van der Waals surface area (Å²) < 4.78 is 9.98. The Hall–Kier alpha value is -3.55. The molecular formula is C19H23N7O6. The Morgan fingerprint density at radius 2 is 2.03 bits per heavy atom. The average Bonchev–Trinajstić information content (AvgIpc) is 3.51. The lowest BCUT2D eigenvalue weighted by Gasteiger charge is -2.21. The molecule has 4 heterocycles. The van der Waals surface area contributed by atoms with E-state index in [0.29, 0.717) is 18.7 Å². The number of H-pyrrole nitrogens is 1. The number of aliphatic hydroxyl groups is 2. The highest BCUT2D eigenvalue weighted by Gasteiger charge is 2.46. The van der Waals surface area contributed by atoms with Crippen molar-refractivity contribution >= 4 is 5.91 Å². The molecular weight excluding hydrogens is 422 g/mol. The fourth-order valence-electron chi connectivity index (χ4n) is 3.59. The van der Waals surface area contributed by atoms with Gasteiger partial charge in [0.15, 0.2) is 6.23 Å². The molecule has 4 rings (SSSR count). The van der Waals surface area contributed by atoms with Gasteiger partial charge in [0.2, 0.25) is 5.91 Å². The van der Waals surface area contributed by atoms with Crippen molar-refractivity contribution in [1.29, 1.82) is 0 Å². The predicted molar refractivity (Wildman–Crippen MR) is 108 cm³/mol. The second-order valence-electron chi connectivity index (χ2n) is 7.38. The number of nitrogens with zero attached hydrogens (tertiary/aromatic N) is 5. The second kappa shape index (κ2) is 9.30. The molecule has 3 aromatic rings. The smallest absolute Gasteiger partial charge is 0.330 e. The predicted octanol–water partition coefficient (Wildman–Crippen LogP) is -1.87. The first kappa shape index (κ1) is 21.7. The van der Waals surface area contributed by atoms with E-state index < -0.39 is 42.3 Å². The van der Waals surface area contributed by atoms with E-state index in [1.165, 1.54) is 17.1 Å². The van der Waals surface area contributed by atoms with Crippen molar-refractivity contribution in [2.45, 2.75) is 44.0 Å². The summed E-state index contributed by atoms with van der Waals surface area (Å²) in [6.45, 7) is 0.196. The van der Waals surface area contributed by atoms with Crippen LogP contribution in [0.4, 0.5) is 0 Å². The molecule has 170 valence electrons. The Morgan fingerprint density at radius 3 is 2.75 bits per heavy atom. The highest BCUT2D eigenvalue weighted by molar-refractivity contribution is 5.75. The third-order valence-corrected chi connectivity index (χ3v) is 5.24. The van der Waals surface area contributed by atoms with Gasteiger partial charge in [0.25, 0.3) is 5.56 Å². The zero-order valence-electron chi connectivity index (χ0n) is 16.9. The summed E-state index contributed by atoms with van der Waals surface area (Å²) in [5.41, 5.74) is -0.865. The Morgan fingerprint density at radius 1 is 1.25 bits per heavy atom.